The van der Waals surface area contributed by atoms with Crippen molar-refractivity contribution in [1.82, 2.24) is 4.57 Å². The second-order valence-electron chi connectivity index (χ2n) is 4.82. The van der Waals surface area contributed by atoms with Gasteiger partial charge in [0.05, 0.1) is 11.2 Å². The molecule has 3 rings (SSSR count). The van der Waals surface area contributed by atoms with Gasteiger partial charge in [0, 0.05) is 23.7 Å². The van der Waals surface area contributed by atoms with Crippen molar-refractivity contribution < 1.29 is 0 Å². The average molecular weight is 284 g/mol. The predicted molar refractivity (Wildman–Crippen MR) is 83.3 cm³/mol. The second-order valence-corrected chi connectivity index (χ2v) is 5.26. The summed E-state index contributed by atoms with van der Waals surface area (Å²) in [7, 11) is 1.99. The number of aromatic nitrogens is 1. The minimum Gasteiger partial charge on any atom is -0.348 e. The SMILES string of the molecule is Cc1ccc(/N=N/c2cn(C)c3ccc(Cl)cc23)cc1. The Hall–Kier alpha value is -2.13. The van der Waals surface area contributed by atoms with Crippen molar-refractivity contribution in [2.45, 2.75) is 6.92 Å². The molecule has 0 saturated heterocycles. The molecule has 1 heterocycles. The van der Waals surface area contributed by atoms with E-state index >= 15 is 0 Å². The molecule has 2 aromatic carbocycles. The van der Waals surface area contributed by atoms with Crippen LogP contribution >= 0.6 is 11.6 Å². The molecule has 20 heavy (non-hydrogen) atoms. The molecule has 0 fully saturated rings. The van der Waals surface area contributed by atoms with Crippen LogP contribution in [0.3, 0.4) is 0 Å². The van der Waals surface area contributed by atoms with E-state index in [0.29, 0.717) is 5.02 Å². The molecule has 0 aliphatic carbocycles. The summed E-state index contributed by atoms with van der Waals surface area (Å²) < 4.78 is 2.02. The minimum absolute atomic E-state index is 0.704. The van der Waals surface area contributed by atoms with E-state index in [1.807, 2.05) is 67.2 Å². The fraction of sp³-hybridized carbons (Fsp3) is 0.125. The lowest BCUT2D eigenvalue weighted by Crippen LogP contribution is -1.81. The number of hydrogen-bond acceptors (Lipinski definition) is 2. The molecular weight excluding hydrogens is 270 g/mol. The van der Waals surface area contributed by atoms with E-state index in [9.17, 15) is 0 Å². The lowest BCUT2D eigenvalue weighted by molar-refractivity contribution is 0.967. The van der Waals surface area contributed by atoms with Gasteiger partial charge in [-0.05, 0) is 37.3 Å². The van der Waals surface area contributed by atoms with Crippen molar-refractivity contribution in [3.8, 4) is 0 Å². The van der Waals surface area contributed by atoms with Crippen LogP contribution in [0.4, 0.5) is 11.4 Å². The lowest BCUT2D eigenvalue weighted by Gasteiger charge is -1.95. The normalized spacial score (nSPS) is 11.6. The van der Waals surface area contributed by atoms with Crippen molar-refractivity contribution in [2.24, 2.45) is 17.3 Å². The molecule has 3 nitrogen and oxygen atoms in total. The first-order valence-electron chi connectivity index (χ1n) is 6.36. The minimum atomic E-state index is 0.704. The Morgan fingerprint density at radius 2 is 1.75 bits per heavy atom. The number of azo groups is 1. The quantitative estimate of drug-likeness (QED) is 0.552. The number of hydrogen-bond donors (Lipinski definition) is 0. The summed E-state index contributed by atoms with van der Waals surface area (Å²) in [6.07, 6.45) is 1.96. The topological polar surface area (TPSA) is 29.6 Å². The van der Waals surface area contributed by atoms with Crippen molar-refractivity contribution in [2.75, 3.05) is 0 Å². The molecule has 3 aromatic rings. The summed E-state index contributed by atoms with van der Waals surface area (Å²) in [5.41, 5.74) is 3.97. The largest absolute Gasteiger partial charge is 0.348 e. The molecule has 0 bridgehead atoms. The molecule has 0 unspecified atom stereocenters. The Morgan fingerprint density at radius 3 is 2.50 bits per heavy atom. The van der Waals surface area contributed by atoms with Gasteiger partial charge in [0.2, 0.25) is 0 Å². The number of rotatable bonds is 2. The number of nitrogens with zero attached hydrogens (tertiary/aromatic N) is 3. The first kappa shape index (κ1) is 12.9. The van der Waals surface area contributed by atoms with Gasteiger partial charge in [0.15, 0.2) is 0 Å². The van der Waals surface area contributed by atoms with E-state index < -0.39 is 0 Å². The van der Waals surface area contributed by atoms with Gasteiger partial charge in [-0.25, -0.2) is 0 Å². The van der Waals surface area contributed by atoms with Crippen LogP contribution in [0.25, 0.3) is 10.9 Å². The molecule has 0 atom stereocenters. The predicted octanol–water partition coefficient (Wildman–Crippen LogP) is 5.56. The van der Waals surface area contributed by atoms with Crippen LogP contribution in [0.5, 0.6) is 0 Å². The first-order chi connectivity index (χ1) is 9.63. The molecular formula is C16H14ClN3. The highest BCUT2D eigenvalue weighted by molar-refractivity contribution is 6.31. The summed E-state index contributed by atoms with van der Waals surface area (Å²) in [6, 6.07) is 13.7. The third kappa shape index (κ3) is 2.45. The van der Waals surface area contributed by atoms with E-state index in [1.165, 1.54) is 5.56 Å². The zero-order valence-corrected chi connectivity index (χ0v) is 12.1. The van der Waals surface area contributed by atoms with E-state index in [4.69, 9.17) is 11.6 Å². The Balaban J connectivity index is 2.02. The molecule has 100 valence electrons. The monoisotopic (exact) mass is 283 g/mol. The van der Waals surface area contributed by atoms with Crippen molar-refractivity contribution in [3.63, 3.8) is 0 Å². The van der Waals surface area contributed by atoms with Crippen molar-refractivity contribution >= 4 is 33.9 Å². The zero-order valence-electron chi connectivity index (χ0n) is 11.3. The molecule has 0 radical (unpaired) electrons. The highest BCUT2D eigenvalue weighted by Gasteiger charge is 2.06. The lowest BCUT2D eigenvalue weighted by atomic mass is 10.2. The van der Waals surface area contributed by atoms with Crippen molar-refractivity contribution in [1.29, 1.82) is 0 Å². The third-order valence-corrected chi connectivity index (χ3v) is 3.47. The summed E-state index contributed by atoms with van der Waals surface area (Å²) in [4.78, 5) is 0. The van der Waals surface area contributed by atoms with Gasteiger partial charge < -0.3 is 4.57 Å². The van der Waals surface area contributed by atoms with Gasteiger partial charge in [0.25, 0.3) is 0 Å². The summed E-state index contributed by atoms with van der Waals surface area (Å²) in [5.74, 6) is 0. The van der Waals surface area contributed by atoms with E-state index in [-0.39, 0.29) is 0 Å². The fourth-order valence-corrected chi connectivity index (χ4v) is 2.32. The molecule has 0 N–H and O–H groups in total. The van der Waals surface area contributed by atoms with Gasteiger partial charge in [-0.15, -0.1) is 5.11 Å². The first-order valence-corrected chi connectivity index (χ1v) is 6.74. The van der Waals surface area contributed by atoms with Crippen LogP contribution in [-0.4, -0.2) is 4.57 Å². The number of benzene rings is 2. The van der Waals surface area contributed by atoms with E-state index in [0.717, 1.165) is 22.3 Å². The van der Waals surface area contributed by atoms with Gasteiger partial charge in [-0.2, -0.15) is 5.11 Å². The molecule has 0 saturated carbocycles. The number of fused-ring (bicyclic) bond motifs is 1. The molecule has 0 aliphatic rings. The summed E-state index contributed by atoms with van der Waals surface area (Å²) in [6.45, 7) is 2.05. The molecule has 0 amide bonds. The molecule has 0 aliphatic heterocycles. The molecule has 0 spiro atoms. The van der Waals surface area contributed by atoms with Gasteiger partial charge >= 0.3 is 0 Å². The van der Waals surface area contributed by atoms with Crippen LogP contribution in [0, 0.1) is 6.92 Å². The van der Waals surface area contributed by atoms with E-state index in [1.54, 1.807) is 0 Å². The van der Waals surface area contributed by atoms with Gasteiger partial charge in [-0.1, -0.05) is 29.3 Å². The smallest absolute Gasteiger partial charge is 0.111 e. The van der Waals surface area contributed by atoms with Crippen LogP contribution in [-0.2, 0) is 7.05 Å². The number of halogens is 1. The van der Waals surface area contributed by atoms with Gasteiger partial charge in [0.1, 0.15) is 5.69 Å². The Bertz CT molecular complexity index is 785. The van der Waals surface area contributed by atoms with Crippen LogP contribution in [0.1, 0.15) is 5.56 Å². The molecule has 1 aromatic heterocycles. The maximum absolute atomic E-state index is 6.05. The standard InChI is InChI=1S/C16H14ClN3/c1-11-3-6-13(7-4-11)18-19-15-10-20(2)16-8-5-12(17)9-14(15)16/h3-10H,1-2H3/b19-18+. The summed E-state index contributed by atoms with van der Waals surface area (Å²) >= 11 is 6.05. The third-order valence-electron chi connectivity index (χ3n) is 3.24. The maximum Gasteiger partial charge on any atom is 0.111 e. The highest BCUT2D eigenvalue weighted by atomic mass is 35.5. The summed E-state index contributed by atoms with van der Waals surface area (Å²) in [5, 5.41) is 10.3. The highest BCUT2D eigenvalue weighted by Crippen LogP contribution is 2.31. The Kier molecular flexibility index (Phi) is 3.28. The molecule has 4 heteroatoms. The van der Waals surface area contributed by atoms with Crippen molar-refractivity contribution in [3.05, 3.63) is 59.2 Å². The maximum atomic E-state index is 6.05. The zero-order chi connectivity index (χ0) is 14.1. The Labute approximate surface area is 122 Å². The average Bonchev–Trinajstić information content (AvgIpc) is 2.74. The Morgan fingerprint density at radius 1 is 1.00 bits per heavy atom. The van der Waals surface area contributed by atoms with Crippen LogP contribution < -0.4 is 0 Å². The van der Waals surface area contributed by atoms with E-state index in [2.05, 4.69) is 10.2 Å². The number of aryl methyl sites for hydroxylation is 2. The second kappa shape index (κ2) is 5.10. The van der Waals surface area contributed by atoms with Crippen LogP contribution in [0.15, 0.2) is 58.9 Å². The fourth-order valence-electron chi connectivity index (χ4n) is 2.15. The van der Waals surface area contributed by atoms with Gasteiger partial charge in [-0.3, -0.25) is 0 Å². The van der Waals surface area contributed by atoms with Crippen LogP contribution in [0.2, 0.25) is 5.02 Å².